The van der Waals surface area contributed by atoms with Crippen molar-refractivity contribution in [3.63, 3.8) is 0 Å². The summed E-state index contributed by atoms with van der Waals surface area (Å²) in [4.78, 5) is 26.2. The van der Waals surface area contributed by atoms with Gasteiger partial charge in [-0.05, 0) is 43.4 Å². The normalized spacial score (nSPS) is 16.7. The Morgan fingerprint density at radius 1 is 1.05 bits per heavy atom. The third kappa shape index (κ3) is 5.98. The second-order valence-corrected chi connectivity index (χ2v) is 9.58. The maximum absolute atomic E-state index is 13.1. The average molecular weight is 519 g/mol. The lowest BCUT2D eigenvalue weighted by Crippen LogP contribution is -2.47. The van der Waals surface area contributed by atoms with E-state index in [-0.39, 0.29) is 12.0 Å². The molecule has 5 rings (SSSR count). The van der Waals surface area contributed by atoms with E-state index in [1.54, 1.807) is 25.4 Å². The van der Waals surface area contributed by atoms with Crippen LogP contribution in [0.2, 0.25) is 0 Å². The summed E-state index contributed by atoms with van der Waals surface area (Å²) in [5, 5.41) is 3.22. The van der Waals surface area contributed by atoms with Gasteiger partial charge >= 0.3 is 0 Å². The molecule has 1 aromatic heterocycles. The maximum Gasteiger partial charge on any atom is 0.257 e. The number of likely N-dealkylation sites (N-methyl/N-ethyl adjacent to an activating group) is 1. The molecular weight excluding hydrogens is 484 g/mol. The molecule has 10 nitrogen and oxygen atoms in total. The number of nitrogen functional groups attached to an aromatic ring is 1. The number of hydrogen-bond donors (Lipinski definition) is 2. The van der Waals surface area contributed by atoms with Gasteiger partial charge in [0.2, 0.25) is 5.95 Å². The SMILES string of the molecule is COc1cc(Nc2nccc(-c3ccc(OC4CCOCC4)c(N)c3)n2)ccc1C(=O)N1CCN(C)CC1. The highest BCUT2D eigenvalue weighted by Gasteiger charge is 2.23. The van der Waals surface area contributed by atoms with E-state index in [9.17, 15) is 4.79 Å². The first-order valence-electron chi connectivity index (χ1n) is 12.9. The fraction of sp³-hybridized carbons (Fsp3) is 0.393. The summed E-state index contributed by atoms with van der Waals surface area (Å²) in [6, 6.07) is 12.9. The Morgan fingerprint density at radius 3 is 2.58 bits per heavy atom. The zero-order chi connectivity index (χ0) is 26.5. The van der Waals surface area contributed by atoms with Gasteiger partial charge in [0.15, 0.2) is 0 Å². The Kier molecular flexibility index (Phi) is 7.90. The lowest BCUT2D eigenvalue weighted by Gasteiger charge is -2.32. The number of nitrogens with zero attached hydrogens (tertiary/aromatic N) is 4. The minimum absolute atomic E-state index is 0.0263. The number of benzene rings is 2. The van der Waals surface area contributed by atoms with Crippen LogP contribution >= 0.6 is 0 Å². The molecule has 2 aliphatic rings. The molecule has 2 aromatic carbocycles. The van der Waals surface area contributed by atoms with Crippen molar-refractivity contribution in [2.75, 3.05) is 64.6 Å². The molecule has 0 bridgehead atoms. The largest absolute Gasteiger partial charge is 0.496 e. The number of nitrogens with two attached hydrogens (primary N) is 1. The molecule has 2 fully saturated rings. The number of hydrogen-bond acceptors (Lipinski definition) is 9. The lowest BCUT2D eigenvalue weighted by molar-refractivity contribution is 0.0258. The molecule has 2 aliphatic heterocycles. The first-order valence-corrected chi connectivity index (χ1v) is 12.9. The smallest absolute Gasteiger partial charge is 0.257 e. The number of rotatable bonds is 7. The van der Waals surface area contributed by atoms with Crippen molar-refractivity contribution >= 4 is 23.2 Å². The van der Waals surface area contributed by atoms with E-state index in [2.05, 4.69) is 27.2 Å². The van der Waals surface area contributed by atoms with Gasteiger partial charge in [0.1, 0.15) is 17.6 Å². The van der Waals surface area contributed by atoms with Gasteiger partial charge in [0, 0.05) is 62.5 Å². The van der Waals surface area contributed by atoms with Gasteiger partial charge in [-0.2, -0.15) is 0 Å². The number of anilines is 3. The number of methoxy groups -OCH3 is 1. The van der Waals surface area contributed by atoms with E-state index >= 15 is 0 Å². The predicted molar refractivity (Wildman–Crippen MR) is 146 cm³/mol. The van der Waals surface area contributed by atoms with Crippen molar-refractivity contribution in [2.45, 2.75) is 18.9 Å². The Bertz CT molecular complexity index is 1270. The van der Waals surface area contributed by atoms with E-state index in [0.717, 1.165) is 37.2 Å². The number of piperazine rings is 1. The molecule has 3 aromatic rings. The molecule has 0 radical (unpaired) electrons. The van der Waals surface area contributed by atoms with E-state index in [4.69, 9.17) is 19.9 Å². The molecule has 0 atom stereocenters. The standard InChI is InChI=1S/C28H34N6O4/c1-33-11-13-34(14-12-33)27(35)22-5-4-20(18-26(22)36-2)31-28-30-10-7-24(32-28)19-3-6-25(23(29)17-19)38-21-8-15-37-16-9-21/h3-7,10,17-18,21H,8-9,11-16,29H2,1-2H3,(H,30,31,32). The van der Waals surface area contributed by atoms with Crippen molar-refractivity contribution in [2.24, 2.45) is 0 Å². The third-order valence-corrected chi connectivity index (χ3v) is 6.90. The van der Waals surface area contributed by atoms with Gasteiger partial charge in [0.05, 0.1) is 37.3 Å². The van der Waals surface area contributed by atoms with Crippen LogP contribution in [0.4, 0.5) is 17.3 Å². The molecule has 3 heterocycles. The monoisotopic (exact) mass is 518 g/mol. The van der Waals surface area contributed by atoms with Crippen LogP contribution in [0.25, 0.3) is 11.3 Å². The number of carbonyl (C=O) groups is 1. The quantitative estimate of drug-likeness (QED) is 0.454. The fourth-order valence-corrected chi connectivity index (χ4v) is 4.62. The summed E-state index contributed by atoms with van der Waals surface area (Å²) >= 11 is 0. The van der Waals surface area contributed by atoms with Gasteiger partial charge in [-0.25, -0.2) is 9.97 Å². The van der Waals surface area contributed by atoms with Gasteiger partial charge in [-0.1, -0.05) is 0 Å². The predicted octanol–water partition coefficient (Wildman–Crippen LogP) is 3.42. The van der Waals surface area contributed by atoms with Crippen molar-refractivity contribution < 1.29 is 19.0 Å². The molecule has 0 aliphatic carbocycles. The molecule has 3 N–H and O–H groups in total. The number of ether oxygens (including phenoxy) is 3. The van der Waals surface area contributed by atoms with Gasteiger partial charge in [0.25, 0.3) is 5.91 Å². The second-order valence-electron chi connectivity index (χ2n) is 9.58. The molecular formula is C28H34N6O4. The summed E-state index contributed by atoms with van der Waals surface area (Å²) in [6.07, 6.45) is 3.53. The highest BCUT2D eigenvalue weighted by atomic mass is 16.5. The summed E-state index contributed by atoms with van der Waals surface area (Å²) in [5.41, 5.74) is 9.70. The molecule has 0 saturated carbocycles. The van der Waals surface area contributed by atoms with Crippen LogP contribution in [-0.2, 0) is 4.74 Å². The van der Waals surface area contributed by atoms with E-state index < -0.39 is 0 Å². The second kappa shape index (κ2) is 11.7. The van der Waals surface area contributed by atoms with E-state index in [1.165, 1.54) is 0 Å². The molecule has 1 amide bonds. The lowest BCUT2D eigenvalue weighted by atomic mass is 10.1. The average Bonchev–Trinajstić information content (AvgIpc) is 2.95. The van der Waals surface area contributed by atoms with Crippen molar-refractivity contribution in [3.8, 4) is 22.8 Å². The van der Waals surface area contributed by atoms with Crippen molar-refractivity contribution in [1.82, 2.24) is 19.8 Å². The summed E-state index contributed by atoms with van der Waals surface area (Å²) in [6.45, 7) is 4.54. The van der Waals surface area contributed by atoms with Gasteiger partial charge in [-0.15, -0.1) is 0 Å². The van der Waals surface area contributed by atoms with Gasteiger partial charge < -0.3 is 35.1 Å². The Morgan fingerprint density at radius 2 is 1.84 bits per heavy atom. The molecule has 0 unspecified atom stereocenters. The Balaban J connectivity index is 1.29. The first-order chi connectivity index (χ1) is 18.5. The number of carbonyl (C=O) groups excluding carboxylic acids is 1. The topological polar surface area (TPSA) is 115 Å². The van der Waals surface area contributed by atoms with Crippen LogP contribution in [0.5, 0.6) is 11.5 Å². The molecule has 10 heteroatoms. The van der Waals surface area contributed by atoms with Crippen LogP contribution in [0.15, 0.2) is 48.7 Å². The number of amides is 1. The fourth-order valence-electron chi connectivity index (χ4n) is 4.62. The third-order valence-electron chi connectivity index (χ3n) is 6.90. The highest BCUT2D eigenvalue weighted by molar-refractivity contribution is 5.97. The van der Waals surface area contributed by atoms with Crippen LogP contribution in [0.1, 0.15) is 23.2 Å². The number of nitrogens with one attached hydrogen (secondary N) is 1. The minimum Gasteiger partial charge on any atom is -0.496 e. The van der Waals surface area contributed by atoms with E-state index in [1.807, 2.05) is 35.2 Å². The highest BCUT2D eigenvalue weighted by Crippen LogP contribution is 2.31. The zero-order valence-corrected chi connectivity index (χ0v) is 21.9. The summed E-state index contributed by atoms with van der Waals surface area (Å²) in [7, 11) is 3.63. The molecule has 0 spiro atoms. The maximum atomic E-state index is 13.1. The van der Waals surface area contributed by atoms with Crippen LogP contribution < -0.4 is 20.5 Å². The summed E-state index contributed by atoms with van der Waals surface area (Å²) in [5.74, 6) is 1.57. The molecule has 2 saturated heterocycles. The van der Waals surface area contributed by atoms with Crippen LogP contribution in [0, 0.1) is 0 Å². The van der Waals surface area contributed by atoms with Crippen molar-refractivity contribution in [3.05, 3.63) is 54.2 Å². The Hall–Kier alpha value is -3.89. The Labute approximate surface area is 222 Å². The molecule has 200 valence electrons. The first kappa shape index (κ1) is 25.7. The van der Waals surface area contributed by atoms with Crippen LogP contribution in [-0.4, -0.2) is 85.3 Å². The van der Waals surface area contributed by atoms with E-state index in [0.29, 0.717) is 60.7 Å². The zero-order valence-electron chi connectivity index (χ0n) is 21.9. The van der Waals surface area contributed by atoms with Gasteiger partial charge in [-0.3, -0.25) is 4.79 Å². The molecule has 38 heavy (non-hydrogen) atoms. The van der Waals surface area contributed by atoms with Crippen molar-refractivity contribution in [1.29, 1.82) is 0 Å². The number of aromatic nitrogens is 2. The minimum atomic E-state index is -0.0263. The summed E-state index contributed by atoms with van der Waals surface area (Å²) < 4.78 is 17.0. The van der Waals surface area contributed by atoms with Crippen LogP contribution in [0.3, 0.4) is 0 Å².